The Hall–Kier alpha value is -5.75. The van der Waals surface area contributed by atoms with Gasteiger partial charge in [-0.2, -0.15) is 0 Å². The van der Waals surface area contributed by atoms with E-state index < -0.39 is 18.0 Å². The van der Waals surface area contributed by atoms with Crippen LogP contribution in [0.4, 0.5) is 0 Å². The lowest BCUT2D eigenvalue weighted by Gasteiger charge is -2.18. The standard InChI is InChI=1S/C65H94O6/c1-4-7-10-13-16-19-22-25-28-31-32-35-37-40-43-46-49-52-55-58-64(67)70-61-62(71-65(68)59-56-53-50-47-44-41-38-34-30-27-24-21-18-15-12-9-6-3)60-69-63(66)57-54-51-48-45-42-39-36-33-29-26-23-20-17-14-11-8-5-2/h7-12,16-21,25-30,32,35-36,38-41,43,45,47-50,52,62H,4-6,13-15,22-24,31,33-34,37,42,44,46,51,53-61H2,1-3H3/b10-7-,11-8-,12-9-,19-16-,20-17-,21-18-,28-25-,29-26-,30-27-,35-32-,39-36-,41-38-,43-40-,48-45-,50-47-,52-49-/t62-/m1/s1. The van der Waals surface area contributed by atoms with E-state index in [9.17, 15) is 14.4 Å². The van der Waals surface area contributed by atoms with Gasteiger partial charge in [0.1, 0.15) is 13.2 Å². The first kappa shape index (κ1) is 65.2. The predicted molar refractivity (Wildman–Crippen MR) is 306 cm³/mol. The molecule has 0 saturated heterocycles. The first-order chi connectivity index (χ1) is 35.0. The molecule has 0 aliphatic heterocycles. The molecule has 0 unspecified atom stereocenters. The van der Waals surface area contributed by atoms with Gasteiger partial charge in [0.25, 0.3) is 0 Å². The summed E-state index contributed by atoms with van der Waals surface area (Å²) in [5.74, 6) is -1.18. The van der Waals surface area contributed by atoms with Gasteiger partial charge in [0.15, 0.2) is 6.10 Å². The van der Waals surface area contributed by atoms with Gasteiger partial charge in [-0.05, 0) is 135 Å². The number of carbonyl (C=O) groups is 3. The number of hydrogen-bond acceptors (Lipinski definition) is 6. The van der Waals surface area contributed by atoms with Crippen molar-refractivity contribution in [3.8, 4) is 0 Å². The Labute approximate surface area is 433 Å². The molecule has 390 valence electrons. The molecule has 0 saturated carbocycles. The molecule has 0 amide bonds. The number of ether oxygens (including phenoxy) is 3. The number of carbonyl (C=O) groups excluding carboxylic acids is 3. The fourth-order valence-corrected chi connectivity index (χ4v) is 6.18. The molecular formula is C65H94O6. The monoisotopic (exact) mass is 971 g/mol. The van der Waals surface area contributed by atoms with Crippen molar-refractivity contribution >= 4 is 17.9 Å². The molecule has 0 aliphatic carbocycles. The molecule has 0 rings (SSSR count). The minimum atomic E-state index is -0.874. The maximum absolute atomic E-state index is 12.8. The van der Waals surface area contributed by atoms with Crippen LogP contribution in [-0.2, 0) is 28.6 Å². The second-order valence-electron chi connectivity index (χ2n) is 16.6. The van der Waals surface area contributed by atoms with Crippen molar-refractivity contribution in [1.29, 1.82) is 0 Å². The zero-order valence-corrected chi connectivity index (χ0v) is 44.4. The average Bonchev–Trinajstić information content (AvgIpc) is 3.37. The lowest BCUT2D eigenvalue weighted by Crippen LogP contribution is -2.30. The Morgan fingerprint density at radius 1 is 0.282 bits per heavy atom. The Morgan fingerprint density at radius 2 is 0.507 bits per heavy atom. The second kappa shape index (κ2) is 56.8. The van der Waals surface area contributed by atoms with Gasteiger partial charge in [-0.3, -0.25) is 14.4 Å². The van der Waals surface area contributed by atoms with E-state index in [-0.39, 0.29) is 38.4 Å². The van der Waals surface area contributed by atoms with E-state index in [1.165, 1.54) is 0 Å². The second-order valence-corrected chi connectivity index (χ2v) is 16.6. The molecule has 6 nitrogen and oxygen atoms in total. The largest absolute Gasteiger partial charge is 0.462 e. The number of unbranched alkanes of at least 4 members (excludes halogenated alkanes) is 2. The van der Waals surface area contributed by atoms with Gasteiger partial charge in [-0.1, -0.05) is 215 Å². The third kappa shape index (κ3) is 55.1. The summed E-state index contributed by atoms with van der Waals surface area (Å²) < 4.78 is 16.6. The van der Waals surface area contributed by atoms with E-state index in [1.54, 1.807) is 0 Å². The number of esters is 3. The van der Waals surface area contributed by atoms with Gasteiger partial charge in [0, 0.05) is 19.3 Å². The van der Waals surface area contributed by atoms with Crippen molar-refractivity contribution in [2.75, 3.05) is 13.2 Å². The smallest absolute Gasteiger partial charge is 0.306 e. The first-order valence-electron chi connectivity index (χ1n) is 26.9. The molecule has 0 heterocycles. The molecule has 0 spiro atoms. The summed E-state index contributed by atoms with van der Waals surface area (Å²) in [6.45, 7) is 6.10. The van der Waals surface area contributed by atoms with Crippen LogP contribution >= 0.6 is 0 Å². The molecule has 0 bridgehead atoms. The van der Waals surface area contributed by atoms with Gasteiger partial charge in [0.2, 0.25) is 0 Å². The van der Waals surface area contributed by atoms with Crippen LogP contribution in [0.3, 0.4) is 0 Å². The lowest BCUT2D eigenvalue weighted by atomic mass is 10.2. The number of rotatable bonds is 45. The molecule has 71 heavy (non-hydrogen) atoms. The van der Waals surface area contributed by atoms with Crippen LogP contribution < -0.4 is 0 Å². The van der Waals surface area contributed by atoms with E-state index >= 15 is 0 Å². The van der Waals surface area contributed by atoms with Crippen molar-refractivity contribution in [3.05, 3.63) is 194 Å². The molecule has 0 aromatic heterocycles. The maximum Gasteiger partial charge on any atom is 0.306 e. The Balaban J connectivity index is 4.73. The minimum Gasteiger partial charge on any atom is -0.462 e. The highest BCUT2D eigenvalue weighted by molar-refractivity contribution is 5.71. The number of allylic oxidation sites excluding steroid dienone is 32. The van der Waals surface area contributed by atoms with E-state index in [0.717, 1.165) is 116 Å². The van der Waals surface area contributed by atoms with Crippen molar-refractivity contribution in [2.45, 2.75) is 181 Å². The summed E-state index contributed by atoms with van der Waals surface area (Å²) in [4.78, 5) is 38.0. The van der Waals surface area contributed by atoms with Gasteiger partial charge in [-0.15, -0.1) is 0 Å². The summed E-state index contributed by atoms with van der Waals surface area (Å²) in [5, 5.41) is 0. The van der Waals surface area contributed by atoms with Gasteiger partial charge in [-0.25, -0.2) is 0 Å². The summed E-state index contributed by atoms with van der Waals surface area (Å²) in [6, 6.07) is 0. The van der Waals surface area contributed by atoms with E-state index in [2.05, 4.69) is 203 Å². The summed E-state index contributed by atoms with van der Waals surface area (Å²) in [6.07, 6.45) is 87.2. The summed E-state index contributed by atoms with van der Waals surface area (Å²) in [7, 11) is 0. The molecule has 6 heteroatoms. The van der Waals surface area contributed by atoms with Crippen LogP contribution in [0.25, 0.3) is 0 Å². The summed E-state index contributed by atoms with van der Waals surface area (Å²) >= 11 is 0. The van der Waals surface area contributed by atoms with Crippen LogP contribution in [-0.4, -0.2) is 37.2 Å². The van der Waals surface area contributed by atoms with Crippen LogP contribution in [0.2, 0.25) is 0 Å². The average molecular weight is 971 g/mol. The molecule has 0 radical (unpaired) electrons. The SMILES string of the molecule is CC/C=C\C/C=C\C/C=C\C/C=C\C/C=C\C/C=C\CCC(=O)OC[C@@H](COC(=O)CCC/C=C\C/C=C\C/C=C\C/C=C\C/C=C\CC)OC(=O)CCC/C=C\C/C=C\C/C=C\C/C=C\C/C=C\CC. The van der Waals surface area contributed by atoms with E-state index in [0.29, 0.717) is 19.3 Å². The fourth-order valence-electron chi connectivity index (χ4n) is 6.18. The summed E-state index contributed by atoms with van der Waals surface area (Å²) in [5.41, 5.74) is 0. The Morgan fingerprint density at radius 3 is 0.789 bits per heavy atom. The molecular weight excluding hydrogens is 877 g/mol. The van der Waals surface area contributed by atoms with Crippen molar-refractivity contribution < 1.29 is 28.6 Å². The first-order valence-corrected chi connectivity index (χ1v) is 26.9. The highest BCUT2D eigenvalue weighted by Crippen LogP contribution is 2.08. The normalized spacial score (nSPS) is 13.7. The molecule has 1 atom stereocenters. The van der Waals surface area contributed by atoms with E-state index in [4.69, 9.17) is 14.2 Å². The highest BCUT2D eigenvalue weighted by atomic mass is 16.6. The zero-order valence-electron chi connectivity index (χ0n) is 44.4. The third-order valence-corrected chi connectivity index (χ3v) is 10.1. The zero-order chi connectivity index (χ0) is 51.4. The third-order valence-electron chi connectivity index (χ3n) is 10.1. The lowest BCUT2D eigenvalue weighted by molar-refractivity contribution is -0.166. The molecule has 0 N–H and O–H groups in total. The van der Waals surface area contributed by atoms with Crippen LogP contribution in [0.5, 0.6) is 0 Å². The molecule has 0 aromatic rings. The van der Waals surface area contributed by atoms with Crippen molar-refractivity contribution in [2.24, 2.45) is 0 Å². The Bertz CT molecular complexity index is 1780. The maximum atomic E-state index is 12.8. The fraction of sp³-hybridized carbons (Fsp3) is 0.462. The van der Waals surface area contributed by atoms with Crippen LogP contribution in [0.15, 0.2) is 194 Å². The van der Waals surface area contributed by atoms with Crippen molar-refractivity contribution in [3.63, 3.8) is 0 Å². The Kier molecular flexibility index (Phi) is 52.2. The van der Waals surface area contributed by atoms with Gasteiger partial charge >= 0.3 is 17.9 Å². The highest BCUT2D eigenvalue weighted by Gasteiger charge is 2.19. The van der Waals surface area contributed by atoms with Crippen LogP contribution in [0, 0.1) is 0 Å². The van der Waals surface area contributed by atoms with E-state index in [1.807, 2.05) is 12.2 Å². The van der Waals surface area contributed by atoms with Gasteiger partial charge in [0.05, 0.1) is 0 Å². The number of hydrogen-bond donors (Lipinski definition) is 0. The predicted octanol–water partition coefficient (Wildman–Crippen LogP) is 18.3. The molecule has 0 aromatic carbocycles. The minimum absolute atomic E-state index is 0.165. The van der Waals surface area contributed by atoms with Crippen molar-refractivity contribution in [1.82, 2.24) is 0 Å². The molecule has 0 fully saturated rings. The molecule has 0 aliphatic rings. The topological polar surface area (TPSA) is 78.9 Å². The van der Waals surface area contributed by atoms with Crippen LogP contribution in [0.1, 0.15) is 175 Å². The quantitative estimate of drug-likeness (QED) is 0.0262. The van der Waals surface area contributed by atoms with Gasteiger partial charge < -0.3 is 14.2 Å².